The molecule has 2 aromatic carbocycles. The van der Waals surface area contributed by atoms with E-state index >= 15 is 0 Å². The van der Waals surface area contributed by atoms with Crippen LogP contribution in [0.5, 0.6) is 0 Å². The van der Waals surface area contributed by atoms with E-state index in [0.29, 0.717) is 0 Å². The largest absolute Gasteiger partial charge is 0.0616 e. The minimum Gasteiger partial charge on any atom is -0.0616 e. The van der Waals surface area contributed by atoms with Crippen LogP contribution in [-0.2, 0) is 5.41 Å². The molecule has 16 heavy (non-hydrogen) atoms. The molecule has 0 heterocycles. The maximum Gasteiger partial charge on any atom is 0.0168 e. The van der Waals surface area contributed by atoms with E-state index in [1.54, 1.807) is 0 Å². The van der Waals surface area contributed by atoms with Crippen LogP contribution in [0.4, 0.5) is 0 Å². The molecule has 0 nitrogen and oxygen atoms in total. The van der Waals surface area contributed by atoms with Crippen molar-refractivity contribution in [2.45, 2.75) is 33.1 Å². The number of hydrogen-bond acceptors (Lipinski definition) is 0. The molecule has 0 saturated carbocycles. The van der Waals surface area contributed by atoms with Gasteiger partial charge in [0.05, 0.1) is 0 Å². The molecule has 2 rings (SSSR count). The van der Waals surface area contributed by atoms with E-state index < -0.39 is 0 Å². The van der Waals surface area contributed by atoms with Gasteiger partial charge in [-0.25, -0.2) is 0 Å². The average molecular weight is 324 g/mol. The predicted octanol–water partition coefficient (Wildman–Crippen LogP) is 5.05. The van der Waals surface area contributed by atoms with Crippen LogP contribution in [0.1, 0.15) is 31.9 Å². The monoisotopic (exact) mass is 324 g/mol. The molecular weight excluding hydrogens is 307 g/mol. The molecule has 0 amide bonds. The minimum absolute atomic E-state index is 0.202. The van der Waals surface area contributed by atoms with E-state index in [0.717, 1.165) is 0 Å². The van der Waals surface area contributed by atoms with Crippen LogP contribution in [-0.4, -0.2) is 0 Å². The second-order valence-corrected chi connectivity index (χ2v) is 6.49. The summed E-state index contributed by atoms with van der Waals surface area (Å²) in [6, 6.07) is 11.0. The summed E-state index contributed by atoms with van der Waals surface area (Å²) in [5, 5.41) is 2.78. The van der Waals surface area contributed by atoms with Gasteiger partial charge in [0.2, 0.25) is 0 Å². The second-order valence-electron chi connectivity index (χ2n) is 5.33. The van der Waals surface area contributed by atoms with Crippen molar-refractivity contribution in [3.05, 3.63) is 45.0 Å². The highest BCUT2D eigenvalue weighted by molar-refractivity contribution is 14.1. The van der Waals surface area contributed by atoms with Crippen molar-refractivity contribution in [3.63, 3.8) is 0 Å². The summed E-state index contributed by atoms with van der Waals surface area (Å²) in [5.41, 5.74) is 3.04. The lowest BCUT2D eigenvalue weighted by atomic mass is 9.83. The molecule has 84 valence electrons. The summed E-state index contributed by atoms with van der Waals surface area (Å²) in [6.07, 6.45) is 0. The topological polar surface area (TPSA) is 0 Å². The Kier molecular flexibility index (Phi) is 2.99. The first-order valence-electron chi connectivity index (χ1n) is 5.59. The lowest BCUT2D eigenvalue weighted by Gasteiger charge is -2.23. The molecule has 0 radical (unpaired) electrons. The van der Waals surface area contributed by atoms with Gasteiger partial charge in [-0.1, -0.05) is 45.0 Å². The van der Waals surface area contributed by atoms with Crippen LogP contribution in [0.2, 0.25) is 0 Å². The molecule has 0 aromatic heterocycles. The molecular formula is C15H17I. The predicted molar refractivity (Wildman–Crippen MR) is 80.1 cm³/mol. The van der Waals surface area contributed by atoms with Crippen molar-refractivity contribution in [2.24, 2.45) is 0 Å². The number of aryl methyl sites for hydroxylation is 1. The summed E-state index contributed by atoms with van der Waals surface area (Å²) in [4.78, 5) is 0. The minimum atomic E-state index is 0.202. The van der Waals surface area contributed by atoms with Crippen molar-refractivity contribution in [1.82, 2.24) is 0 Å². The summed E-state index contributed by atoms with van der Waals surface area (Å²) in [6.45, 7) is 9.04. The van der Waals surface area contributed by atoms with E-state index in [-0.39, 0.29) is 5.41 Å². The zero-order chi connectivity index (χ0) is 11.9. The molecule has 1 heteroatoms. The van der Waals surface area contributed by atoms with Crippen molar-refractivity contribution in [2.75, 3.05) is 0 Å². The normalized spacial score (nSPS) is 12.1. The Morgan fingerprint density at radius 3 is 2.12 bits per heavy atom. The van der Waals surface area contributed by atoms with Crippen LogP contribution < -0.4 is 0 Å². The van der Waals surface area contributed by atoms with Crippen LogP contribution in [0.15, 0.2) is 30.3 Å². The summed E-state index contributed by atoms with van der Waals surface area (Å²) < 4.78 is 1.36. The lowest BCUT2D eigenvalue weighted by Crippen LogP contribution is -2.12. The van der Waals surface area contributed by atoms with Gasteiger partial charge >= 0.3 is 0 Å². The first-order valence-corrected chi connectivity index (χ1v) is 6.67. The molecule has 0 spiro atoms. The Morgan fingerprint density at radius 2 is 1.56 bits per heavy atom. The van der Waals surface area contributed by atoms with Crippen LogP contribution in [0, 0.1) is 10.5 Å². The molecule has 0 saturated heterocycles. The average Bonchev–Trinajstić information content (AvgIpc) is 2.22. The van der Waals surface area contributed by atoms with Crippen LogP contribution >= 0.6 is 22.6 Å². The third kappa shape index (κ3) is 1.97. The summed E-state index contributed by atoms with van der Waals surface area (Å²) in [5.74, 6) is 0. The third-order valence-corrected chi connectivity index (χ3v) is 4.18. The van der Waals surface area contributed by atoms with E-state index in [2.05, 4.69) is 80.6 Å². The Labute approximate surface area is 111 Å². The molecule has 0 unspecified atom stereocenters. The van der Waals surface area contributed by atoms with Gasteiger partial charge in [0, 0.05) is 3.57 Å². The van der Waals surface area contributed by atoms with Gasteiger partial charge < -0.3 is 0 Å². The standard InChI is InChI=1S/C15H17I/c1-10-11-7-5-6-8-12(11)13(9-14(10)16)15(2,3)4/h5-9H,1-4H3. The van der Waals surface area contributed by atoms with Gasteiger partial charge in [-0.05, 0) is 62.9 Å². The fourth-order valence-corrected chi connectivity index (χ4v) is 2.71. The van der Waals surface area contributed by atoms with Crippen molar-refractivity contribution in [3.8, 4) is 0 Å². The third-order valence-electron chi connectivity index (χ3n) is 3.06. The van der Waals surface area contributed by atoms with E-state index in [1.165, 1.54) is 25.5 Å². The number of hydrogen-bond donors (Lipinski definition) is 0. The number of fused-ring (bicyclic) bond motifs is 1. The maximum absolute atomic E-state index is 2.44. The molecule has 0 atom stereocenters. The van der Waals surface area contributed by atoms with Crippen LogP contribution in [0.25, 0.3) is 10.8 Å². The Hall–Kier alpha value is -0.570. The van der Waals surface area contributed by atoms with Gasteiger partial charge in [0.1, 0.15) is 0 Å². The highest BCUT2D eigenvalue weighted by Gasteiger charge is 2.18. The van der Waals surface area contributed by atoms with Gasteiger partial charge in [-0.3, -0.25) is 0 Å². The molecule has 0 aliphatic heterocycles. The Morgan fingerprint density at radius 1 is 1.00 bits per heavy atom. The van der Waals surface area contributed by atoms with Crippen molar-refractivity contribution >= 4 is 33.4 Å². The SMILES string of the molecule is Cc1c(I)cc(C(C)(C)C)c2ccccc12. The van der Waals surface area contributed by atoms with Crippen molar-refractivity contribution < 1.29 is 0 Å². The lowest BCUT2D eigenvalue weighted by molar-refractivity contribution is 0.595. The molecule has 2 aromatic rings. The molecule has 0 aliphatic carbocycles. The number of benzene rings is 2. The van der Waals surface area contributed by atoms with E-state index in [4.69, 9.17) is 0 Å². The zero-order valence-electron chi connectivity index (χ0n) is 10.3. The van der Waals surface area contributed by atoms with Gasteiger partial charge in [0.15, 0.2) is 0 Å². The quantitative estimate of drug-likeness (QED) is 0.595. The number of rotatable bonds is 0. The molecule has 0 bridgehead atoms. The molecule has 0 fully saturated rings. The summed E-state index contributed by atoms with van der Waals surface area (Å²) in [7, 11) is 0. The highest BCUT2D eigenvalue weighted by atomic mass is 127. The second kappa shape index (κ2) is 4.02. The maximum atomic E-state index is 2.44. The van der Waals surface area contributed by atoms with E-state index in [1.807, 2.05) is 0 Å². The molecule has 0 N–H and O–H groups in total. The first kappa shape index (κ1) is 11.9. The van der Waals surface area contributed by atoms with E-state index in [9.17, 15) is 0 Å². The van der Waals surface area contributed by atoms with Crippen molar-refractivity contribution in [1.29, 1.82) is 0 Å². The fourth-order valence-electron chi connectivity index (χ4n) is 2.11. The fraction of sp³-hybridized carbons (Fsp3) is 0.333. The molecule has 0 aliphatic rings. The van der Waals surface area contributed by atoms with Gasteiger partial charge in [-0.15, -0.1) is 0 Å². The Balaban J connectivity index is 2.91. The first-order chi connectivity index (χ1) is 7.41. The Bertz CT molecular complexity index is 533. The van der Waals surface area contributed by atoms with Gasteiger partial charge in [-0.2, -0.15) is 0 Å². The van der Waals surface area contributed by atoms with Crippen LogP contribution in [0.3, 0.4) is 0 Å². The summed E-state index contributed by atoms with van der Waals surface area (Å²) >= 11 is 2.44. The number of halogens is 1. The highest BCUT2D eigenvalue weighted by Crippen LogP contribution is 2.34. The smallest absolute Gasteiger partial charge is 0.0168 e. The van der Waals surface area contributed by atoms with Gasteiger partial charge in [0.25, 0.3) is 0 Å². The zero-order valence-corrected chi connectivity index (χ0v) is 12.4.